The Hall–Kier alpha value is -3.39. The fourth-order valence-corrected chi connectivity index (χ4v) is 5.70. The number of amides is 1. The zero-order chi connectivity index (χ0) is 25.0. The number of hydrogen-bond acceptors (Lipinski definition) is 12. The third-order valence-electron chi connectivity index (χ3n) is 7.87. The topological polar surface area (TPSA) is 144 Å². The number of hydrogen-bond donors (Lipinski definition) is 3. The number of aromatic amines is 1. The Morgan fingerprint density at radius 1 is 1.14 bits per heavy atom. The molecule has 5 heterocycles. The van der Waals surface area contributed by atoms with E-state index in [9.17, 15) is 4.79 Å². The fourth-order valence-electron chi connectivity index (χ4n) is 5.26. The minimum absolute atomic E-state index is 0.0991. The number of anilines is 5. The van der Waals surface area contributed by atoms with Crippen LogP contribution in [-0.4, -0.2) is 91.1 Å². The molecule has 194 valence electrons. The lowest BCUT2D eigenvalue weighted by Gasteiger charge is -2.33. The van der Waals surface area contributed by atoms with Gasteiger partial charge in [-0.25, -0.2) is 4.98 Å². The van der Waals surface area contributed by atoms with Gasteiger partial charge in [0.15, 0.2) is 5.82 Å². The normalized spacial score (nSPS) is 23.0. The Kier molecular flexibility index (Phi) is 5.46. The van der Waals surface area contributed by atoms with Crippen LogP contribution in [0.3, 0.4) is 0 Å². The van der Waals surface area contributed by atoms with Crippen LogP contribution in [0.4, 0.5) is 28.8 Å². The highest BCUT2D eigenvalue weighted by molar-refractivity contribution is 7.09. The van der Waals surface area contributed by atoms with Crippen LogP contribution in [0.25, 0.3) is 0 Å². The standard InChI is InChI=1S/C23H30N12OS/c1-33-6-8-34(9-7-33)20-28-19(26-17-10-15(31-32-17)14-2-3-14)29-21(30-20)35-12-23(4-5-23)11-16(35)18(36)27-22-24-13-25-37-22/h10,13-14,16H,2-9,11-12H2,1H3,(H,24,25,27,36)(H2,26,28,29,30,31,32)/t16-/m0/s1. The third-order valence-corrected chi connectivity index (χ3v) is 8.45. The van der Waals surface area contributed by atoms with Gasteiger partial charge in [0.1, 0.15) is 12.4 Å². The van der Waals surface area contributed by atoms with Gasteiger partial charge in [-0.05, 0) is 44.6 Å². The molecule has 4 aliphatic rings. The quantitative estimate of drug-likeness (QED) is 0.418. The molecule has 2 saturated heterocycles. The molecule has 1 atom stereocenters. The van der Waals surface area contributed by atoms with Gasteiger partial charge in [0.25, 0.3) is 0 Å². The molecule has 2 aliphatic carbocycles. The molecule has 13 nitrogen and oxygen atoms in total. The van der Waals surface area contributed by atoms with E-state index in [1.54, 1.807) is 0 Å². The molecule has 3 aromatic rings. The Morgan fingerprint density at radius 3 is 2.68 bits per heavy atom. The lowest BCUT2D eigenvalue weighted by Crippen LogP contribution is -2.45. The second-order valence-corrected chi connectivity index (χ2v) is 11.5. The predicted molar refractivity (Wildman–Crippen MR) is 139 cm³/mol. The van der Waals surface area contributed by atoms with Gasteiger partial charge in [-0.15, -0.1) is 0 Å². The second kappa shape index (κ2) is 8.87. The first kappa shape index (κ1) is 22.8. The molecule has 7 rings (SSSR count). The molecule has 2 saturated carbocycles. The number of nitrogens with one attached hydrogen (secondary N) is 3. The van der Waals surface area contributed by atoms with E-state index in [0.717, 1.165) is 57.7 Å². The second-order valence-electron chi connectivity index (χ2n) is 10.7. The molecule has 2 aliphatic heterocycles. The maximum absolute atomic E-state index is 13.4. The Morgan fingerprint density at radius 2 is 1.95 bits per heavy atom. The maximum Gasteiger partial charge on any atom is 0.249 e. The highest BCUT2D eigenvalue weighted by atomic mass is 32.1. The van der Waals surface area contributed by atoms with Crippen molar-refractivity contribution in [3.05, 3.63) is 18.1 Å². The Bertz CT molecular complexity index is 1280. The van der Waals surface area contributed by atoms with Crippen molar-refractivity contribution in [2.24, 2.45) is 5.41 Å². The molecule has 3 aromatic heterocycles. The van der Waals surface area contributed by atoms with Crippen LogP contribution in [0.1, 0.15) is 43.7 Å². The summed E-state index contributed by atoms with van der Waals surface area (Å²) in [7, 11) is 2.12. The molecular weight excluding hydrogens is 492 g/mol. The summed E-state index contributed by atoms with van der Waals surface area (Å²) in [6.45, 7) is 4.29. The van der Waals surface area contributed by atoms with Crippen molar-refractivity contribution in [1.82, 2.24) is 39.4 Å². The Balaban J connectivity index is 1.20. The first-order valence-electron chi connectivity index (χ1n) is 12.9. The van der Waals surface area contributed by atoms with Crippen LogP contribution in [-0.2, 0) is 4.79 Å². The van der Waals surface area contributed by atoms with Gasteiger partial charge < -0.3 is 20.0 Å². The molecule has 4 fully saturated rings. The maximum atomic E-state index is 13.4. The lowest BCUT2D eigenvalue weighted by atomic mass is 10.0. The smallest absolute Gasteiger partial charge is 0.249 e. The molecule has 0 bridgehead atoms. The summed E-state index contributed by atoms with van der Waals surface area (Å²) in [4.78, 5) is 38.5. The SMILES string of the molecule is CN1CCN(c2nc(Nc3cc(C4CC4)[nH]n3)nc(N3CC4(CC4)C[C@H]3C(=O)Nc3ncns3)n2)CC1. The van der Waals surface area contributed by atoms with Crippen molar-refractivity contribution in [3.8, 4) is 0 Å². The number of carbonyl (C=O) groups is 1. The van der Waals surface area contributed by atoms with Gasteiger partial charge in [-0.2, -0.15) is 24.4 Å². The number of likely N-dealkylation sites (N-methyl/N-ethyl adjacent to an activating group) is 1. The van der Waals surface area contributed by atoms with Crippen LogP contribution < -0.4 is 20.4 Å². The molecule has 0 aromatic carbocycles. The van der Waals surface area contributed by atoms with Gasteiger partial charge in [0, 0.05) is 61.9 Å². The van der Waals surface area contributed by atoms with Gasteiger partial charge >= 0.3 is 0 Å². The van der Waals surface area contributed by atoms with E-state index < -0.39 is 0 Å². The number of rotatable bonds is 7. The van der Waals surface area contributed by atoms with Crippen molar-refractivity contribution in [3.63, 3.8) is 0 Å². The number of carbonyl (C=O) groups excluding carboxylic acids is 1. The molecule has 0 radical (unpaired) electrons. The van der Waals surface area contributed by atoms with E-state index in [0.29, 0.717) is 34.7 Å². The van der Waals surface area contributed by atoms with Crippen LogP contribution in [0, 0.1) is 5.41 Å². The summed E-state index contributed by atoms with van der Waals surface area (Å²) >= 11 is 1.17. The summed E-state index contributed by atoms with van der Waals surface area (Å²) in [6, 6.07) is 1.65. The largest absolute Gasteiger partial charge is 0.338 e. The van der Waals surface area contributed by atoms with Gasteiger partial charge in [-0.3, -0.25) is 15.2 Å². The summed E-state index contributed by atoms with van der Waals surface area (Å²) in [5.74, 6) is 2.74. The van der Waals surface area contributed by atoms with Gasteiger partial charge in [-0.1, -0.05) is 0 Å². The van der Waals surface area contributed by atoms with E-state index in [1.807, 2.05) is 6.07 Å². The average Bonchev–Trinajstić information content (AvgIpc) is 3.71. The fraction of sp³-hybridized carbons (Fsp3) is 0.609. The first-order chi connectivity index (χ1) is 18.0. The van der Waals surface area contributed by atoms with E-state index in [-0.39, 0.29) is 17.4 Å². The minimum atomic E-state index is -0.381. The summed E-state index contributed by atoms with van der Waals surface area (Å²) in [6.07, 6.45) is 6.85. The van der Waals surface area contributed by atoms with Gasteiger partial charge in [0.2, 0.25) is 28.9 Å². The van der Waals surface area contributed by atoms with Crippen LogP contribution >= 0.6 is 11.5 Å². The summed E-state index contributed by atoms with van der Waals surface area (Å²) in [5.41, 5.74) is 1.29. The molecule has 3 N–H and O–H groups in total. The average molecular weight is 523 g/mol. The third kappa shape index (κ3) is 4.70. The zero-order valence-corrected chi connectivity index (χ0v) is 21.5. The van der Waals surface area contributed by atoms with Crippen molar-refractivity contribution < 1.29 is 4.79 Å². The van der Waals surface area contributed by atoms with E-state index in [1.165, 1.54) is 30.7 Å². The van der Waals surface area contributed by atoms with E-state index in [2.05, 4.69) is 51.9 Å². The highest BCUT2D eigenvalue weighted by Crippen LogP contribution is 2.55. The first-order valence-corrected chi connectivity index (χ1v) is 13.7. The summed E-state index contributed by atoms with van der Waals surface area (Å²) < 4.78 is 4.00. The van der Waals surface area contributed by atoms with Gasteiger partial charge in [0.05, 0.1) is 0 Å². The lowest BCUT2D eigenvalue weighted by molar-refractivity contribution is -0.117. The predicted octanol–water partition coefficient (Wildman–Crippen LogP) is 1.82. The van der Waals surface area contributed by atoms with Crippen LogP contribution in [0.2, 0.25) is 0 Å². The monoisotopic (exact) mass is 522 g/mol. The van der Waals surface area contributed by atoms with Crippen molar-refractivity contribution in [2.75, 3.05) is 60.2 Å². The highest BCUT2D eigenvalue weighted by Gasteiger charge is 2.55. The minimum Gasteiger partial charge on any atom is -0.338 e. The number of nitrogens with zero attached hydrogens (tertiary/aromatic N) is 9. The number of H-pyrrole nitrogens is 1. The number of aromatic nitrogens is 7. The van der Waals surface area contributed by atoms with E-state index >= 15 is 0 Å². The van der Waals surface area contributed by atoms with Crippen molar-refractivity contribution >= 4 is 46.2 Å². The number of piperazine rings is 1. The zero-order valence-electron chi connectivity index (χ0n) is 20.7. The molecular formula is C23H30N12OS. The van der Waals surface area contributed by atoms with Crippen molar-refractivity contribution in [1.29, 1.82) is 0 Å². The molecule has 37 heavy (non-hydrogen) atoms. The molecule has 0 unspecified atom stereocenters. The molecule has 14 heteroatoms. The molecule has 1 spiro atoms. The summed E-state index contributed by atoms with van der Waals surface area (Å²) in [5, 5.41) is 14.3. The van der Waals surface area contributed by atoms with Crippen LogP contribution in [0.5, 0.6) is 0 Å². The van der Waals surface area contributed by atoms with Crippen molar-refractivity contribution in [2.45, 2.75) is 44.1 Å². The van der Waals surface area contributed by atoms with E-state index in [4.69, 9.17) is 15.0 Å². The Labute approximate surface area is 218 Å². The molecule has 1 amide bonds. The van der Waals surface area contributed by atoms with Crippen LogP contribution in [0.15, 0.2) is 12.4 Å².